The van der Waals surface area contributed by atoms with Crippen molar-refractivity contribution >= 4 is 11.8 Å². The Kier molecular flexibility index (Phi) is 5.52. The summed E-state index contributed by atoms with van der Waals surface area (Å²) in [4.78, 5) is 10.6. The van der Waals surface area contributed by atoms with Crippen molar-refractivity contribution in [2.24, 2.45) is 0 Å². The molecule has 98 valence electrons. The average molecular weight is 248 g/mol. The van der Waals surface area contributed by atoms with Gasteiger partial charge in [0.05, 0.1) is 10.5 Å². The van der Waals surface area contributed by atoms with Gasteiger partial charge in [0.1, 0.15) is 0 Å². The van der Waals surface area contributed by atoms with E-state index in [0.29, 0.717) is 5.56 Å². The molecule has 4 nitrogen and oxygen atoms in total. The predicted molar refractivity (Wildman–Crippen MR) is 74.5 cm³/mol. The van der Waals surface area contributed by atoms with E-state index in [9.17, 15) is 10.1 Å². The number of nitro groups is 1. The standard InChI is InChI=1S/C14H20N2O2/c1-4-9-15-12(3)11(2)10-13-7-5-6-8-14(13)16(17)18/h5-8,10,12,15H,4,9H2,1-3H3/b11-10+. The summed E-state index contributed by atoms with van der Waals surface area (Å²) in [6.07, 6.45) is 2.95. The highest BCUT2D eigenvalue weighted by Crippen LogP contribution is 2.21. The Hall–Kier alpha value is -1.68. The van der Waals surface area contributed by atoms with Gasteiger partial charge in [-0.3, -0.25) is 10.1 Å². The zero-order chi connectivity index (χ0) is 13.5. The van der Waals surface area contributed by atoms with Crippen LogP contribution in [0.1, 0.15) is 32.8 Å². The van der Waals surface area contributed by atoms with Gasteiger partial charge in [-0.2, -0.15) is 0 Å². The predicted octanol–water partition coefficient (Wildman–Crippen LogP) is 3.39. The molecule has 0 saturated carbocycles. The van der Waals surface area contributed by atoms with Crippen LogP contribution in [0.25, 0.3) is 6.08 Å². The Morgan fingerprint density at radius 1 is 1.50 bits per heavy atom. The highest BCUT2D eigenvalue weighted by Gasteiger charge is 2.11. The molecule has 0 aliphatic carbocycles. The van der Waals surface area contributed by atoms with Gasteiger partial charge in [0.2, 0.25) is 0 Å². The van der Waals surface area contributed by atoms with Crippen LogP contribution in [0.15, 0.2) is 29.8 Å². The van der Waals surface area contributed by atoms with Crippen molar-refractivity contribution in [1.82, 2.24) is 5.32 Å². The zero-order valence-electron chi connectivity index (χ0n) is 11.1. The maximum absolute atomic E-state index is 10.9. The van der Waals surface area contributed by atoms with Gasteiger partial charge in [0.15, 0.2) is 0 Å². The van der Waals surface area contributed by atoms with Crippen molar-refractivity contribution in [2.75, 3.05) is 6.54 Å². The lowest BCUT2D eigenvalue weighted by molar-refractivity contribution is -0.385. The van der Waals surface area contributed by atoms with Gasteiger partial charge in [-0.05, 0) is 39.0 Å². The molecule has 0 fully saturated rings. The Balaban J connectivity index is 2.91. The third-order valence-corrected chi connectivity index (χ3v) is 2.90. The van der Waals surface area contributed by atoms with Gasteiger partial charge in [0, 0.05) is 12.1 Å². The minimum Gasteiger partial charge on any atom is -0.311 e. The van der Waals surface area contributed by atoms with Gasteiger partial charge in [-0.15, -0.1) is 0 Å². The third kappa shape index (κ3) is 3.96. The van der Waals surface area contributed by atoms with Crippen LogP contribution in [0.2, 0.25) is 0 Å². The first kappa shape index (κ1) is 14.4. The van der Waals surface area contributed by atoms with E-state index in [2.05, 4.69) is 19.2 Å². The lowest BCUT2D eigenvalue weighted by Crippen LogP contribution is -2.27. The molecule has 1 rings (SSSR count). The number of rotatable bonds is 6. The number of hydrogen-bond acceptors (Lipinski definition) is 3. The summed E-state index contributed by atoms with van der Waals surface area (Å²) in [5.74, 6) is 0. The first-order valence-electron chi connectivity index (χ1n) is 6.21. The summed E-state index contributed by atoms with van der Waals surface area (Å²) in [5, 5.41) is 14.3. The summed E-state index contributed by atoms with van der Waals surface area (Å²) in [6, 6.07) is 7.03. The second-order valence-electron chi connectivity index (χ2n) is 4.38. The van der Waals surface area contributed by atoms with E-state index in [1.54, 1.807) is 12.1 Å². The van der Waals surface area contributed by atoms with E-state index in [0.717, 1.165) is 18.5 Å². The quantitative estimate of drug-likeness (QED) is 0.620. The Bertz CT molecular complexity index is 441. The molecule has 0 aliphatic rings. The van der Waals surface area contributed by atoms with E-state index in [4.69, 9.17) is 0 Å². The fourth-order valence-corrected chi connectivity index (χ4v) is 1.67. The lowest BCUT2D eigenvalue weighted by atomic mass is 10.1. The van der Waals surface area contributed by atoms with Crippen molar-refractivity contribution in [3.63, 3.8) is 0 Å². The van der Waals surface area contributed by atoms with Crippen LogP contribution in [0, 0.1) is 10.1 Å². The summed E-state index contributed by atoms with van der Waals surface area (Å²) >= 11 is 0. The summed E-state index contributed by atoms with van der Waals surface area (Å²) in [6.45, 7) is 7.12. The van der Waals surface area contributed by atoms with Gasteiger partial charge in [-0.1, -0.05) is 24.6 Å². The number of para-hydroxylation sites is 1. The number of nitrogens with one attached hydrogen (secondary N) is 1. The van der Waals surface area contributed by atoms with Crippen LogP contribution < -0.4 is 5.32 Å². The molecule has 4 heteroatoms. The van der Waals surface area contributed by atoms with Crippen molar-refractivity contribution in [3.05, 3.63) is 45.5 Å². The average Bonchev–Trinajstić information content (AvgIpc) is 2.36. The van der Waals surface area contributed by atoms with E-state index in [-0.39, 0.29) is 16.7 Å². The van der Waals surface area contributed by atoms with Crippen LogP contribution >= 0.6 is 0 Å². The second kappa shape index (κ2) is 6.91. The van der Waals surface area contributed by atoms with Crippen LogP contribution in [0.4, 0.5) is 5.69 Å². The number of nitrogens with zero attached hydrogens (tertiary/aromatic N) is 1. The normalized spacial score (nSPS) is 13.4. The molecule has 1 N–H and O–H groups in total. The zero-order valence-corrected chi connectivity index (χ0v) is 11.1. The number of benzene rings is 1. The molecular formula is C14H20N2O2. The van der Waals surface area contributed by atoms with Crippen molar-refractivity contribution in [2.45, 2.75) is 33.2 Å². The molecule has 1 aromatic carbocycles. The third-order valence-electron chi connectivity index (χ3n) is 2.90. The smallest absolute Gasteiger partial charge is 0.276 e. The van der Waals surface area contributed by atoms with E-state index in [1.807, 2.05) is 19.1 Å². The van der Waals surface area contributed by atoms with E-state index >= 15 is 0 Å². The largest absolute Gasteiger partial charge is 0.311 e. The Labute approximate surface area is 108 Å². The topological polar surface area (TPSA) is 55.2 Å². The molecule has 0 heterocycles. The van der Waals surface area contributed by atoms with Gasteiger partial charge in [0.25, 0.3) is 5.69 Å². The number of nitro benzene ring substituents is 1. The SMILES string of the molecule is CCCNC(C)/C(C)=C/c1ccccc1[N+](=O)[O-]. The fourth-order valence-electron chi connectivity index (χ4n) is 1.67. The fraction of sp³-hybridized carbons (Fsp3) is 0.429. The number of hydrogen-bond donors (Lipinski definition) is 1. The van der Waals surface area contributed by atoms with Crippen molar-refractivity contribution < 1.29 is 4.92 Å². The first-order valence-corrected chi connectivity index (χ1v) is 6.21. The molecule has 0 aliphatic heterocycles. The van der Waals surface area contributed by atoms with Gasteiger partial charge in [-0.25, -0.2) is 0 Å². The molecule has 0 radical (unpaired) electrons. The lowest BCUT2D eigenvalue weighted by Gasteiger charge is -2.14. The molecule has 0 aromatic heterocycles. The van der Waals surface area contributed by atoms with Crippen LogP contribution in [0.5, 0.6) is 0 Å². The highest BCUT2D eigenvalue weighted by molar-refractivity contribution is 5.63. The molecule has 0 spiro atoms. The minimum absolute atomic E-state index is 0.152. The Morgan fingerprint density at radius 3 is 2.78 bits per heavy atom. The maximum Gasteiger partial charge on any atom is 0.276 e. The maximum atomic E-state index is 10.9. The molecule has 0 saturated heterocycles. The highest BCUT2D eigenvalue weighted by atomic mass is 16.6. The molecule has 1 unspecified atom stereocenters. The monoisotopic (exact) mass is 248 g/mol. The van der Waals surface area contributed by atoms with Gasteiger partial charge < -0.3 is 5.32 Å². The molecule has 0 bridgehead atoms. The first-order chi connectivity index (χ1) is 8.56. The molecule has 1 atom stereocenters. The minimum atomic E-state index is -0.344. The van der Waals surface area contributed by atoms with Gasteiger partial charge >= 0.3 is 0 Å². The molecule has 1 aromatic rings. The van der Waals surface area contributed by atoms with E-state index in [1.165, 1.54) is 6.07 Å². The summed E-state index contributed by atoms with van der Waals surface area (Å²) in [7, 11) is 0. The van der Waals surface area contributed by atoms with Crippen molar-refractivity contribution in [3.8, 4) is 0 Å². The van der Waals surface area contributed by atoms with Crippen LogP contribution in [-0.4, -0.2) is 17.5 Å². The van der Waals surface area contributed by atoms with E-state index < -0.39 is 0 Å². The Morgan fingerprint density at radius 2 is 2.17 bits per heavy atom. The summed E-state index contributed by atoms with van der Waals surface area (Å²) in [5.41, 5.74) is 1.91. The molecular weight excluding hydrogens is 228 g/mol. The van der Waals surface area contributed by atoms with Crippen LogP contribution in [-0.2, 0) is 0 Å². The van der Waals surface area contributed by atoms with Crippen LogP contribution in [0.3, 0.4) is 0 Å². The van der Waals surface area contributed by atoms with Crippen molar-refractivity contribution in [1.29, 1.82) is 0 Å². The molecule has 0 amide bonds. The molecule has 18 heavy (non-hydrogen) atoms. The summed E-state index contributed by atoms with van der Waals surface area (Å²) < 4.78 is 0. The second-order valence-corrected chi connectivity index (χ2v) is 4.38.